The molecular weight excluding hydrogens is 288 g/mol. The molecule has 0 aliphatic heterocycles. The number of nitrogens with one attached hydrogen (secondary N) is 1. The van der Waals surface area contributed by atoms with E-state index in [1.54, 1.807) is 10.9 Å². The number of rotatable bonds is 4. The molecule has 0 fully saturated rings. The van der Waals surface area contributed by atoms with E-state index in [2.05, 4.69) is 10.4 Å². The minimum absolute atomic E-state index is 0.0687. The van der Waals surface area contributed by atoms with Crippen LogP contribution in [0, 0.1) is 6.92 Å². The third kappa shape index (κ3) is 3.18. The molecule has 1 N–H and O–H groups in total. The largest absolute Gasteiger partial charge is 0.345 e. The lowest BCUT2D eigenvalue weighted by Crippen LogP contribution is -2.26. The number of hydrogen-bond donors (Lipinski definition) is 1. The molecule has 3 rings (SSSR count). The average molecular weight is 308 g/mol. The first-order valence-corrected chi connectivity index (χ1v) is 7.59. The Kier molecular flexibility index (Phi) is 4.02. The summed E-state index contributed by atoms with van der Waals surface area (Å²) in [6.45, 7) is 3.82. The van der Waals surface area contributed by atoms with Gasteiger partial charge in [-0.2, -0.15) is 5.10 Å². The molecule has 2 aromatic heterocycles. The van der Waals surface area contributed by atoms with Crippen LogP contribution >= 0.6 is 0 Å². The van der Waals surface area contributed by atoms with Crippen LogP contribution in [0.3, 0.4) is 0 Å². The van der Waals surface area contributed by atoms with Crippen molar-refractivity contribution >= 4 is 5.91 Å². The zero-order valence-electron chi connectivity index (χ0n) is 13.5. The predicted octanol–water partition coefficient (Wildman–Crippen LogP) is 3.01. The van der Waals surface area contributed by atoms with Gasteiger partial charge in [-0.05, 0) is 43.7 Å². The van der Waals surface area contributed by atoms with Gasteiger partial charge in [0.25, 0.3) is 5.91 Å². The highest BCUT2D eigenvalue weighted by molar-refractivity contribution is 5.95. The van der Waals surface area contributed by atoms with Gasteiger partial charge in [-0.15, -0.1) is 0 Å². The summed E-state index contributed by atoms with van der Waals surface area (Å²) in [7, 11) is 1.81. The Morgan fingerprint density at radius 1 is 1.17 bits per heavy atom. The van der Waals surface area contributed by atoms with Crippen molar-refractivity contribution in [2.45, 2.75) is 19.9 Å². The number of nitrogens with zero attached hydrogens (tertiary/aromatic N) is 3. The molecule has 0 saturated carbocycles. The third-order valence-corrected chi connectivity index (χ3v) is 3.90. The topological polar surface area (TPSA) is 51.9 Å². The minimum Gasteiger partial charge on any atom is -0.345 e. The summed E-state index contributed by atoms with van der Waals surface area (Å²) in [5.74, 6) is -0.0995. The Morgan fingerprint density at radius 3 is 2.39 bits per heavy atom. The molecular formula is C18H20N4O. The standard InChI is InChI=1S/C18H20N4O/c1-13(19-18(23)17-12-21(3)20-14(17)2)15-6-8-16(9-7-15)22-10-4-5-11-22/h4-13H,1-3H3,(H,19,23)/t13-/m1/s1. The molecule has 5 heteroatoms. The van der Waals surface area contributed by atoms with Crippen LogP contribution in [0.1, 0.15) is 34.6 Å². The second-order valence-corrected chi connectivity index (χ2v) is 5.68. The summed E-state index contributed by atoms with van der Waals surface area (Å²) in [6.07, 6.45) is 5.75. The van der Waals surface area contributed by atoms with Crippen LogP contribution in [0.4, 0.5) is 0 Å². The van der Waals surface area contributed by atoms with E-state index in [4.69, 9.17) is 0 Å². The molecule has 1 atom stereocenters. The Labute approximate surface area is 135 Å². The number of carbonyl (C=O) groups is 1. The van der Waals surface area contributed by atoms with E-state index in [0.717, 1.165) is 16.9 Å². The molecule has 0 bridgehead atoms. The highest BCUT2D eigenvalue weighted by Crippen LogP contribution is 2.17. The second kappa shape index (κ2) is 6.12. The Morgan fingerprint density at radius 2 is 1.83 bits per heavy atom. The van der Waals surface area contributed by atoms with Gasteiger partial charge in [0, 0.05) is 31.3 Å². The fourth-order valence-corrected chi connectivity index (χ4v) is 2.62. The van der Waals surface area contributed by atoms with Gasteiger partial charge < -0.3 is 9.88 Å². The monoisotopic (exact) mass is 308 g/mol. The van der Waals surface area contributed by atoms with Crippen LogP contribution in [0.15, 0.2) is 55.0 Å². The van der Waals surface area contributed by atoms with E-state index in [9.17, 15) is 4.79 Å². The van der Waals surface area contributed by atoms with Crippen molar-refractivity contribution in [1.29, 1.82) is 0 Å². The SMILES string of the molecule is Cc1nn(C)cc1C(=O)N[C@H](C)c1ccc(-n2cccc2)cc1. The summed E-state index contributed by atoms with van der Waals surface area (Å²) >= 11 is 0. The number of aryl methyl sites for hydroxylation is 2. The maximum absolute atomic E-state index is 12.3. The quantitative estimate of drug-likeness (QED) is 0.805. The van der Waals surface area contributed by atoms with E-state index in [0.29, 0.717) is 5.56 Å². The molecule has 3 aromatic rings. The molecule has 1 aromatic carbocycles. The van der Waals surface area contributed by atoms with E-state index in [1.807, 2.05) is 74.3 Å². The van der Waals surface area contributed by atoms with Crippen LogP contribution in [0.2, 0.25) is 0 Å². The first-order chi connectivity index (χ1) is 11.0. The minimum atomic E-state index is -0.0995. The van der Waals surface area contributed by atoms with E-state index < -0.39 is 0 Å². The molecule has 0 radical (unpaired) electrons. The summed E-state index contributed by atoms with van der Waals surface area (Å²) in [6, 6.07) is 12.1. The van der Waals surface area contributed by atoms with Gasteiger partial charge in [-0.1, -0.05) is 12.1 Å². The fraction of sp³-hybridized carbons (Fsp3) is 0.222. The van der Waals surface area contributed by atoms with E-state index in [1.165, 1.54) is 0 Å². The zero-order valence-corrected chi connectivity index (χ0v) is 13.5. The van der Waals surface area contributed by atoms with Gasteiger partial charge in [0.05, 0.1) is 17.3 Å². The molecule has 1 amide bonds. The molecule has 0 aliphatic rings. The molecule has 118 valence electrons. The number of hydrogen-bond acceptors (Lipinski definition) is 2. The van der Waals surface area contributed by atoms with Crippen molar-refractivity contribution in [3.8, 4) is 5.69 Å². The summed E-state index contributed by atoms with van der Waals surface area (Å²) in [4.78, 5) is 12.3. The number of amides is 1. The lowest BCUT2D eigenvalue weighted by Gasteiger charge is -2.15. The summed E-state index contributed by atoms with van der Waals surface area (Å²) < 4.78 is 3.70. The molecule has 0 aliphatic carbocycles. The fourth-order valence-electron chi connectivity index (χ4n) is 2.62. The van der Waals surface area contributed by atoms with Gasteiger partial charge in [0.1, 0.15) is 0 Å². The van der Waals surface area contributed by atoms with Gasteiger partial charge in [-0.25, -0.2) is 0 Å². The van der Waals surface area contributed by atoms with Crippen molar-refractivity contribution < 1.29 is 4.79 Å². The first kappa shape index (κ1) is 15.1. The summed E-state index contributed by atoms with van der Waals surface area (Å²) in [5.41, 5.74) is 3.51. The third-order valence-electron chi connectivity index (χ3n) is 3.90. The first-order valence-electron chi connectivity index (χ1n) is 7.59. The zero-order chi connectivity index (χ0) is 16.4. The van der Waals surface area contributed by atoms with Crippen molar-refractivity contribution in [1.82, 2.24) is 19.7 Å². The predicted molar refractivity (Wildman–Crippen MR) is 89.6 cm³/mol. The van der Waals surface area contributed by atoms with E-state index in [-0.39, 0.29) is 11.9 Å². The molecule has 0 unspecified atom stereocenters. The Bertz CT molecular complexity index is 800. The van der Waals surface area contributed by atoms with Gasteiger partial charge in [0.2, 0.25) is 0 Å². The van der Waals surface area contributed by atoms with Crippen LogP contribution in [0.25, 0.3) is 5.69 Å². The van der Waals surface area contributed by atoms with Crippen molar-refractivity contribution in [3.63, 3.8) is 0 Å². The highest BCUT2D eigenvalue weighted by Gasteiger charge is 2.15. The molecule has 5 nitrogen and oxygen atoms in total. The molecule has 0 spiro atoms. The van der Waals surface area contributed by atoms with Crippen LogP contribution in [0.5, 0.6) is 0 Å². The van der Waals surface area contributed by atoms with Gasteiger partial charge in [0.15, 0.2) is 0 Å². The van der Waals surface area contributed by atoms with E-state index >= 15 is 0 Å². The molecule has 2 heterocycles. The van der Waals surface area contributed by atoms with Crippen molar-refractivity contribution in [3.05, 3.63) is 71.8 Å². The maximum atomic E-state index is 12.3. The Balaban J connectivity index is 1.72. The molecule has 0 saturated heterocycles. The second-order valence-electron chi connectivity index (χ2n) is 5.68. The van der Waals surface area contributed by atoms with Gasteiger partial charge in [-0.3, -0.25) is 9.48 Å². The van der Waals surface area contributed by atoms with Gasteiger partial charge >= 0.3 is 0 Å². The van der Waals surface area contributed by atoms with Crippen LogP contribution < -0.4 is 5.32 Å². The summed E-state index contributed by atoms with van der Waals surface area (Å²) in [5, 5.41) is 7.23. The lowest BCUT2D eigenvalue weighted by molar-refractivity contribution is 0.0939. The number of carbonyl (C=O) groups excluding carboxylic acids is 1. The average Bonchev–Trinajstić information content (AvgIpc) is 3.17. The lowest BCUT2D eigenvalue weighted by atomic mass is 10.1. The van der Waals surface area contributed by atoms with Crippen LogP contribution in [-0.2, 0) is 7.05 Å². The van der Waals surface area contributed by atoms with Crippen molar-refractivity contribution in [2.24, 2.45) is 7.05 Å². The van der Waals surface area contributed by atoms with Crippen LogP contribution in [-0.4, -0.2) is 20.3 Å². The maximum Gasteiger partial charge on any atom is 0.255 e. The normalized spacial score (nSPS) is 12.1. The highest BCUT2D eigenvalue weighted by atomic mass is 16.1. The smallest absolute Gasteiger partial charge is 0.255 e. The Hall–Kier alpha value is -2.82. The molecule has 23 heavy (non-hydrogen) atoms. The number of aromatic nitrogens is 3. The van der Waals surface area contributed by atoms with Crippen molar-refractivity contribution in [2.75, 3.05) is 0 Å². The number of benzene rings is 1.